The average molecular weight is 489 g/mol. The zero-order valence-electron chi connectivity index (χ0n) is 19.4. The van der Waals surface area contributed by atoms with Crippen LogP contribution in [-0.2, 0) is 9.84 Å². The molecule has 3 heterocycles. The third-order valence-electron chi connectivity index (χ3n) is 6.25. The van der Waals surface area contributed by atoms with E-state index < -0.39 is 9.84 Å². The van der Waals surface area contributed by atoms with Gasteiger partial charge in [-0.2, -0.15) is 5.10 Å². The van der Waals surface area contributed by atoms with Crippen LogP contribution < -0.4 is 5.32 Å². The number of hydrogen-bond donors (Lipinski definition) is 1. The van der Waals surface area contributed by atoms with Crippen molar-refractivity contribution >= 4 is 38.2 Å². The van der Waals surface area contributed by atoms with E-state index in [1.165, 1.54) is 6.92 Å². The molecule has 1 fully saturated rings. The number of carbonyl (C=O) groups is 2. The van der Waals surface area contributed by atoms with Gasteiger partial charge in [-0.3, -0.25) is 9.59 Å². The van der Waals surface area contributed by atoms with Gasteiger partial charge in [-0.15, -0.1) is 0 Å². The first kappa shape index (κ1) is 22.9. The molecule has 0 aliphatic carbocycles. The van der Waals surface area contributed by atoms with Crippen LogP contribution in [0.4, 0.5) is 5.69 Å². The van der Waals surface area contributed by atoms with Gasteiger partial charge in [0.25, 0.3) is 5.91 Å². The fraction of sp³-hybridized carbons (Fsp3) is 0.231. The van der Waals surface area contributed by atoms with Crippen molar-refractivity contribution in [3.05, 3.63) is 77.5 Å². The van der Waals surface area contributed by atoms with Gasteiger partial charge in [0.1, 0.15) is 0 Å². The second-order valence-corrected chi connectivity index (χ2v) is 11.0. The van der Waals surface area contributed by atoms with Gasteiger partial charge < -0.3 is 5.32 Å². The monoisotopic (exact) mass is 488 g/mol. The first-order valence-electron chi connectivity index (χ1n) is 11.3. The largest absolute Gasteiger partial charge is 0.322 e. The minimum Gasteiger partial charge on any atom is -0.322 e. The molecule has 0 radical (unpaired) electrons. The number of sulfone groups is 1. The van der Waals surface area contributed by atoms with E-state index >= 15 is 0 Å². The third kappa shape index (κ3) is 4.46. The Balaban J connectivity index is 1.63. The second kappa shape index (κ2) is 8.74. The lowest BCUT2D eigenvalue weighted by atomic mass is 10.0. The highest BCUT2D eigenvalue weighted by atomic mass is 32.2. The fourth-order valence-corrected chi connectivity index (χ4v) is 6.15. The highest BCUT2D eigenvalue weighted by Crippen LogP contribution is 2.32. The second-order valence-electron chi connectivity index (χ2n) is 8.79. The number of fused-ring (bicyclic) bond motifs is 1. The van der Waals surface area contributed by atoms with E-state index in [4.69, 9.17) is 4.98 Å². The van der Waals surface area contributed by atoms with Crippen molar-refractivity contribution < 1.29 is 18.0 Å². The molecule has 5 rings (SSSR count). The highest BCUT2D eigenvalue weighted by Gasteiger charge is 2.32. The molecule has 1 unspecified atom stereocenters. The van der Waals surface area contributed by atoms with E-state index in [0.717, 1.165) is 5.56 Å². The summed E-state index contributed by atoms with van der Waals surface area (Å²) in [5.41, 5.74) is 4.03. The average Bonchev–Trinajstić information content (AvgIpc) is 3.38. The van der Waals surface area contributed by atoms with Gasteiger partial charge in [-0.05, 0) is 50.6 Å². The molecule has 8 nitrogen and oxygen atoms in total. The van der Waals surface area contributed by atoms with Gasteiger partial charge in [0.05, 0.1) is 39.9 Å². The maximum Gasteiger partial charge on any atom is 0.256 e. The number of benzene rings is 2. The van der Waals surface area contributed by atoms with Crippen LogP contribution >= 0.6 is 0 Å². The Bertz CT molecular complexity index is 1560. The van der Waals surface area contributed by atoms with E-state index in [1.807, 2.05) is 30.3 Å². The van der Waals surface area contributed by atoms with Gasteiger partial charge in [-0.1, -0.05) is 30.3 Å². The molecule has 1 atom stereocenters. The number of amides is 1. The third-order valence-corrected chi connectivity index (χ3v) is 8.00. The van der Waals surface area contributed by atoms with Crippen LogP contribution in [0.3, 0.4) is 0 Å². The summed E-state index contributed by atoms with van der Waals surface area (Å²) in [6.45, 7) is 3.28. The number of ketones is 1. The predicted molar refractivity (Wildman–Crippen MR) is 134 cm³/mol. The Kier molecular flexibility index (Phi) is 5.72. The lowest BCUT2D eigenvalue weighted by Crippen LogP contribution is -2.15. The summed E-state index contributed by atoms with van der Waals surface area (Å²) < 4.78 is 26.0. The minimum absolute atomic E-state index is 0.00446. The Labute approximate surface area is 202 Å². The molecule has 35 heavy (non-hydrogen) atoms. The summed E-state index contributed by atoms with van der Waals surface area (Å²) in [6, 6.07) is 17.6. The first-order valence-corrected chi connectivity index (χ1v) is 13.1. The maximum atomic E-state index is 13.5. The Hall–Kier alpha value is -3.85. The van der Waals surface area contributed by atoms with Crippen molar-refractivity contribution in [3.63, 3.8) is 0 Å². The van der Waals surface area contributed by atoms with E-state index in [1.54, 1.807) is 41.9 Å². The van der Waals surface area contributed by atoms with Crippen molar-refractivity contribution in [3.8, 4) is 11.3 Å². The van der Waals surface area contributed by atoms with Crippen LogP contribution in [0.2, 0.25) is 0 Å². The Morgan fingerprint density at radius 2 is 1.77 bits per heavy atom. The zero-order valence-corrected chi connectivity index (χ0v) is 20.2. The first-order chi connectivity index (χ1) is 16.7. The topological polar surface area (TPSA) is 111 Å². The summed E-state index contributed by atoms with van der Waals surface area (Å²) in [6.07, 6.45) is 0.458. The molecule has 2 aromatic carbocycles. The van der Waals surface area contributed by atoms with E-state index in [2.05, 4.69) is 10.4 Å². The number of hydrogen-bond acceptors (Lipinski definition) is 6. The van der Waals surface area contributed by atoms with E-state index in [-0.39, 0.29) is 29.2 Å². The lowest BCUT2D eigenvalue weighted by molar-refractivity contribution is 0.101. The van der Waals surface area contributed by atoms with Crippen LogP contribution in [0.5, 0.6) is 0 Å². The summed E-state index contributed by atoms with van der Waals surface area (Å²) in [7, 11) is -3.13. The summed E-state index contributed by atoms with van der Waals surface area (Å²) >= 11 is 0. The highest BCUT2D eigenvalue weighted by molar-refractivity contribution is 7.91. The number of pyridine rings is 1. The molecule has 1 aliphatic heterocycles. The van der Waals surface area contributed by atoms with Crippen molar-refractivity contribution in [2.75, 3.05) is 16.8 Å². The summed E-state index contributed by atoms with van der Waals surface area (Å²) in [4.78, 5) is 29.9. The van der Waals surface area contributed by atoms with Gasteiger partial charge >= 0.3 is 0 Å². The smallest absolute Gasteiger partial charge is 0.256 e. The van der Waals surface area contributed by atoms with Crippen LogP contribution in [0.25, 0.3) is 22.3 Å². The molecule has 1 saturated heterocycles. The van der Waals surface area contributed by atoms with Crippen molar-refractivity contribution in [2.24, 2.45) is 0 Å². The number of nitrogens with one attached hydrogen (secondary N) is 1. The Morgan fingerprint density at radius 3 is 2.40 bits per heavy atom. The molecule has 9 heteroatoms. The molecule has 1 aliphatic rings. The van der Waals surface area contributed by atoms with Gasteiger partial charge in [0.2, 0.25) is 0 Å². The Morgan fingerprint density at radius 1 is 1.06 bits per heavy atom. The molecule has 1 N–H and O–H groups in total. The van der Waals surface area contributed by atoms with Crippen molar-refractivity contribution in [1.82, 2.24) is 14.8 Å². The standard InChI is InChI=1S/C26H24N4O4S/c1-16-24-22(26(32)27-20-10-8-18(9-11-20)17(2)31)14-23(19-6-4-3-5-7-19)28-25(24)30(29-16)21-12-13-35(33,34)15-21/h3-11,14,21H,12-13,15H2,1-2H3,(H,27,32). The normalized spacial score (nSPS) is 16.9. The van der Waals surface area contributed by atoms with Crippen LogP contribution in [-0.4, -0.2) is 46.4 Å². The number of anilines is 1. The van der Waals surface area contributed by atoms with Gasteiger partial charge in [0, 0.05) is 16.8 Å². The molecular weight excluding hydrogens is 464 g/mol. The van der Waals surface area contributed by atoms with Gasteiger partial charge in [-0.25, -0.2) is 18.1 Å². The molecule has 178 valence electrons. The molecular formula is C26H24N4O4S. The number of Topliss-reactive ketones (excluding diaryl/α,β-unsaturated/α-hetero) is 1. The van der Waals surface area contributed by atoms with E-state index in [0.29, 0.717) is 45.7 Å². The molecule has 1 amide bonds. The van der Waals surface area contributed by atoms with Gasteiger partial charge in [0.15, 0.2) is 21.3 Å². The number of carbonyl (C=O) groups excluding carboxylic acids is 2. The predicted octanol–water partition coefficient (Wildman–Crippen LogP) is 4.22. The minimum atomic E-state index is -3.13. The van der Waals surface area contributed by atoms with Crippen LogP contribution in [0, 0.1) is 6.92 Å². The molecule has 4 aromatic rings. The van der Waals surface area contributed by atoms with Crippen molar-refractivity contribution in [1.29, 1.82) is 0 Å². The number of rotatable bonds is 5. The summed E-state index contributed by atoms with van der Waals surface area (Å²) in [5.74, 6) is -0.278. The number of nitrogens with zero attached hydrogens (tertiary/aromatic N) is 3. The maximum absolute atomic E-state index is 13.5. The van der Waals surface area contributed by atoms with Crippen molar-refractivity contribution in [2.45, 2.75) is 26.3 Å². The molecule has 0 bridgehead atoms. The number of aromatic nitrogens is 3. The molecule has 0 spiro atoms. The van der Waals surface area contributed by atoms with E-state index in [9.17, 15) is 18.0 Å². The number of aryl methyl sites for hydroxylation is 1. The molecule has 2 aromatic heterocycles. The lowest BCUT2D eigenvalue weighted by Gasteiger charge is -2.12. The SMILES string of the molecule is CC(=O)c1ccc(NC(=O)c2cc(-c3ccccc3)nc3c2c(C)nn3C2CCS(=O)(=O)C2)cc1. The van der Waals surface area contributed by atoms with Crippen LogP contribution in [0.15, 0.2) is 60.7 Å². The van der Waals surface area contributed by atoms with Crippen LogP contribution in [0.1, 0.15) is 45.8 Å². The molecule has 0 saturated carbocycles. The quantitative estimate of drug-likeness (QED) is 0.421. The fourth-order valence-electron chi connectivity index (χ4n) is 4.46. The summed E-state index contributed by atoms with van der Waals surface area (Å²) in [5, 5.41) is 8.12. The zero-order chi connectivity index (χ0) is 24.7.